The Bertz CT molecular complexity index is 581. The molecule has 2 fully saturated rings. The number of halogens is 1. The molecule has 1 N–H and O–H groups in total. The third-order valence-electron chi connectivity index (χ3n) is 4.25. The van der Waals surface area contributed by atoms with Gasteiger partial charge in [0.1, 0.15) is 11.9 Å². The van der Waals surface area contributed by atoms with Crippen molar-refractivity contribution in [2.75, 3.05) is 44.6 Å². The molecule has 0 spiro atoms. The summed E-state index contributed by atoms with van der Waals surface area (Å²) in [5.41, 5.74) is 0. The van der Waals surface area contributed by atoms with E-state index in [0.29, 0.717) is 45.1 Å². The van der Waals surface area contributed by atoms with Crippen LogP contribution in [0.25, 0.3) is 0 Å². The van der Waals surface area contributed by atoms with Crippen molar-refractivity contribution >= 4 is 33.6 Å². The highest BCUT2D eigenvalue weighted by atomic mass is 79.9. The molecule has 0 aromatic carbocycles. The fourth-order valence-corrected chi connectivity index (χ4v) is 3.17. The summed E-state index contributed by atoms with van der Waals surface area (Å²) in [6.07, 6.45) is 3.16. The summed E-state index contributed by atoms with van der Waals surface area (Å²) < 4.78 is 6.32. The first kappa shape index (κ1) is 17.3. The zero-order valence-electron chi connectivity index (χ0n) is 13.4. The minimum Gasteiger partial charge on any atom is -0.368 e. The van der Waals surface area contributed by atoms with E-state index in [4.69, 9.17) is 4.74 Å². The van der Waals surface area contributed by atoms with E-state index in [9.17, 15) is 9.59 Å². The van der Waals surface area contributed by atoms with E-state index < -0.39 is 0 Å². The summed E-state index contributed by atoms with van der Waals surface area (Å²) in [5.74, 6) is 0.537. The molecule has 1 unspecified atom stereocenters. The van der Waals surface area contributed by atoms with Crippen LogP contribution in [0, 0.1) is 0 Å². The Kier molecular flexibility index (Phi) is 5.80. The number of ether oxygens (including phenoxy) is 1. The van der Waals surface area contributed by atoms with Gasteiger partial charge in [0.2, 0.25) is 5.91 Å². The SMILES string of the molecule is O=C(CN1CCN(C(=O)C2CCCO2)CC1)Nc1ccc(Br)cn1. The van der Waals surface area contributed by atoms with E-state index in [-0.39, 0.29) is 17.9 Å². The molecule has 8 heteroatoms. The van der Waals surface area contributed by atoms with Gasteiger partial charge in [-0.1, -0.05) is 0 Å². The summed E-state index contributed by atoms with van der Waals surface area (Å²) in [4.78, 5) is 32.4. The second-order valence-corrected chi connectivity index (χ2v) is 6.93. The zero-order chi connectivity index (χ0) is 16.9. The predicted molar refractivity (Wildman–Crippen MR) is 92.6 cm³/mol. The Morgan fingerprint density at radius 2 is 2.08 bits per heavy atom. The molecule has 2 amide bonds. The number of carbonyl (C=O) groups excluding carboxylic acids is 2. The maximum absolute atomic E-state index is 12.3. The average Bonchev–Trinajstić information content (AvgIpc) is 3.11. The molecule has 0 radical (unpaired) electrons. The van der Waals surface area contributed by atoms with Crippen molar-refractivity contribution in [3.05, 3.63) is 22.8 Å². The molecule has 2 saturated heterocycles. The molecule has 3 heterocycles. The molecule has 1 aromatic rings. The number of piperazine rings is 1. The lowest BCUT2D eigenvalue weighted by Gasteiger charge is -2.35. The Balaban J connectivity index is 1.42. The van der Waals surface area contributed by atoms with Gasteiger partial charge in [0, 0.05) is 43.5 Å². The number of amides is 2. The average molecular weight is 397 g/mol. The minimum atomic E-state index is -0.261. The van der Waals surface area contributed by atoms with Crippen LogP contribution in [0.15, 0.2) is 22.8 Å². The summed E-state index contributed by atoms with van der Waals surface area (Å²) in [7, 11) is 0. The zero-order valence-corrected chi connectivity index (χ0v) is 15.0. The van der Waals surface area contributed by atoms with Crippen LogP contribution >= 0.6 is 15.9 Å². The van der Waals surface area contributed by atoms with Gasteiger partial charge in [0.15, 0.2) is 0 Å². The lowest BCUT2D eigenvalue weighted by atomic mass is 10.2. The fourth-order valence-electron chi connectivity index (χ4n) is 2.94. The van der Waals surface area contributed by atoms with Gasteiger partial charge in [0.05, 0.1) is 6.54 Å². The van der Waals surface area contributed by atoms with Gasteiger partial charge in [-0.2, -0.15) is 0 Å². The second kappa shape index (κ2) is 8.04. The quantitative estimate of drug-likeness (QED) is 0.824. The van der Waals surface area contributed by atoms with Crippen molar-refractivity contribution in [3.8, 4) is 0 Å². The Morgan fingerprint density at radius 3 is 2.71 bits per heavy atom. The number of nitrogens with zero attached hydrogens (tertiary/aromatic N) is 3. The standard InChI is InChI=1S/C16H21BrN4O3/c17-12-3-4-14(18-10-12)19-15(22)11-20-5-7-21(8-6-20)16(23)13-2-1-9-24-13/h3-4,10,13H,1-2,5-9,11H2,(H,18,19,22). The van der Waals surface area contributed by atoms with Gasteiger partial charge < -0.3 is 15.0 Å². The Morgan fingerprint density at radius 1 is 1.29 bits per heavy atom. The van der Waals surface area contributed by atoms with Crippen molar-refractivity contribution in [2.24, 2.45) is 0 Å². The number of anilines is 1. The number of rotatable bonds is 4. The molecular weight excluding hydrogens is 376 g/mol. The molecule has 2 aliphatic rings. The van der Waals surface area contributed by atoms with E-state index in [2.05, 4.69) is 26.2 Å². The molecule has 0 saturated carbocycles. The number of hydrogen-bond acceptors (Lipinski definition) is 5. The maximum Gasteiger partial charge on any atom is 0.251 e. The van der Waals surface area contributed by atoms with Crippen LogP contribution in [0.2, 0.25) is 0 Å². The number of carbonyl (C=O) groups is 2. The van der Waals surface area contributed by atoms with Gasteiger partial charge in [-0.3, -0.25) is 14.5 Å². The van der Waals surface area contributed by atoms with Gasteiger partial charge in [0.25, 0.3) is 5.91 Å². The monoisotopic (exact) mass is 396 g/mol. The van der Waals surface area contributed by atoms with Crippen molar-refractivity contribution in [1.82, 2.24) is 14.8 Å². The highest BCUT2D eigenvalue weighted by Crippen LogP contribution is 2.16. The van der Waals surface area contributed by atoms with Gasteiger partial charge in [-0.15, -0.1) is 0 Å². The van der Waals surface area contributed by atoms with E-state index in [0.717, 1.165) is 17.3 Å². The fraction of sp³-hybridized carbons (Fsp3) is 0.562. The molecule has 24 heavy (non-hydrogen) atoms. The first-order valence-electron chi connectivity index (χ1n) is 8.16. The Labute approximate surface area is 149 Å². The molecular formula is C16H21BrN4O3. The minimum absolute atomic E-state index is 0.0932. The van der Waals surface area contributed by atoms with Crippen molar-refractivity contribution in [3.63, 3.8) is 0 Å². The highest BCUT2D eigenvalue weighted by molar-refractivity contribution is 9.10. The Hall–Kier alpha value is -1.51. The van der Waals surface area contributed by atoms with Gasteiger partial charge >= 0.3 is 0 Å². The molecule has 7 nitrogen and oxygen atoms in total. The first-order valence-corrected chi connectivity index (χ1v) is 8.95. The largest absolute Gasteiger partial charge is 0.368 e. The molecule has 0 aliphatic carbocycles. The molecule has 3 rings (SSSR count). The van der Waals surface area contributed by atoms with Crippen LogP contribution in [0.5, 0.6) is 0 Å². The third kappa shape index (κ3) is 4.52. The topological polar surface area (TPSA) is 74.8 Å². The third-order valence-corrected chi connectivity index (χ3v) is 4.72. The normalized spacial score (nSPS) is 21.7. The van der Waals surface area contributed by atoms with Gasteiger partial charge in [-0.25, -0.2) is 4.98 Å². The van der Waals surface area contributed by atoms with Crippen LogP contribution < -0.4 is 5.32 Å². The van der Waals surface area contributed by atoms with Crippen molar-refractivity contribution in [1.29, 1.82) is 0 Å². The molecule has 1 aromatic heterocycles. The lowest BCUT2D eigenvalue weighted by Crippen LogP contribution is -2.52. The first-order chi connectivity index (χ1) is 11.6. The van der Waals surface area contributed by atoms with Crippen LogP contribution in [-0.4, -0.2) is 72.0 Å². The van der Waals surface area contributed by atoms with Crippen LogP contribution in [-0.2, 0) is 14.3 Å². The molecule has 2 aliphatic heterocycles. The smallest absolute Gasteiger partial charge is 0.251 e. The number of aromatic nitrogens is 1. The van der Waals surface area contributed by atoms with E-state index in [1.54, 1.807) is 12.3 Å². The number of hydrogen-bond donors (Lipinski definition) is 1. The summed E-state index contributed by atoms with van der Waals surface area (Å²) >= 11 is 3.31. The van der Waals surface area contributed by atoms with Gasteiger partial charge in [-0.05, 0) is 40.9 Å². The summed E-state index contributed by atoms with van der Waals surface area (Å²) in [6, 6.07) is 3.58. The van der Waals surface area contributed by atoms with E-state index >= 15 is 0 Å². The van der Waals surface area contributed by atoms with Crippen molar-refractivity contribution in [2.45, 2.75) is 18.9 Å². The summed E-state index contributed by atoms with van der Waals surface area (Å²) in [5, 5.41) is 2.78. The maximum atomic E-state index is 12.3. The molecule has 130 valence electrons. The number of pyridine rings is 1. The van der Waals surface area contributed by atoms with Crippen LogP contribution in [0.3, 0.4) is 0 Å². The number of nitrogens with one attached hydrogen (secondary N) is 1. The van der Waals surface area contributed by atoms with E-state index in [1.807, 2.05) is 15.9 Å². The van der Waals surface area contributed by atoms with Crippen LogP contribution in [0.1, 0.15) is 12.8 Å². The molecule has 1 atom stereocenters. The summed E-state index contributed by atoms with van der Waals surface area (Å²) in [6.45, 7) is 3.66. The van der Waals surface area contributed by atoms with E-state index in [1.165, 1.54) is 0 Å². The lowest BCUT2D eigenvalue weighted by molar-refractivity contribution is -0.142. The van der Waals surface area contributed by atoms with Crippen LogP contribution in [0.4, 0.5) is 5.82 Å². The molecule has 0 bridgehead atoms. The second-order valence-electron chi connectivity index (χ2n) is 6.01. The highest BCUT2D eigenvalue weighted by Gasteiger charge is 2.30. The van der Waals surface area contributed by atoms with Crippen molar-refractivity contribution < 1.29 is 14.3 Å². The predicted octanol–water partition coefficient (Wildman–Crippen LogP) is 1.11.